The first kappa shape index (κ1) is 27.6. The van der Waals surface area contributed by atoms with E-state index >= 15 is 0 Å². The van der Waals surface area contributed by atoms with Gasteiger partial charge in [-0.05, 0) is 55.3 Å². The third-order valence-corrected chi connectivity index (χ3v) is 8.35. The van der Waals surface area contributed by atoms with Crippen LogP contribution in [-0.4, -0.2) is 27.6 Å². The van der Waals surface area contributed by atoms with Crippen LogP contribution in [0.1, 0.15) is 50.4 Å². The molecule has 0 saturated heterocycles. The molecule has 0 amide bonds. The highest BCUT2D eigenvalue weighted by molar-refractivity contribution is 8.18. The molecular formula is C30H29Cl2N3O3S. The van der Waals surface area contributed by atoms with Crippen molar-refractivity contribution in [3.8, 4) is 5.75 Å². The maximum absolute atomic E-state index is 13.0. The molecule has 5 rings (SSSR count). The van der Waals surface area contributed by atoms with Crippen LogP contribution < -0.4 is 4.74 Å². The minimum absolute atomic E-state index is 0.0267. The fraction of sp³-hybridized carbons (Fsp3) is 0.300. The molecular weight excluding hydrogens is 553 g/mol. The smallest absolute Gasteiger partial charge is 0.346 e. The molecule has 6 nitrogen and oxygen atoms in total. The van der Waals surface area contributed by atoms with Gasteiger partial charge in [0.15, 0.2) is 5.17 Å². The maximum Gasteiger partial charge on any atom is 0.346 e. The average Bonchev–Trinajstić information content (AvgIpc) is 3.41. The molecule has 0 aliphatic carbocycles. The summed E-state index contributed by atoms with van der Waals surface area (Å²) in [5.74, 6) is 0.339. The monoisotopic (exact) mass is 581 g/mol. The number of aromatic nitrogens is 1. The first-order chi connectivity index (χ1) is 18.7. The minimum Gasteiger partial charge on any atom is -0.488 e. The molecule has 1 aromatic heterocycles. The van der Waals surface area contributed by atoms with Crippen molar-refractivity contribution in [3.63, 3.8) is 0 Å². The lowest BCUT2D eigenvalue weighted by Crippen LogP contribution is -2.36. The number of carbonyl (C=O) groups excluding carboxylic acids is 1. The number of benzene rings is 2. The Labute approximate surface area is 243 Å². The Kier molecular flexibility index (Phi) is 7.94. The molecule has 39 heavy (non-hydrogen) atoms. The Balaban J connectivity index is 1.66. The number of rotatable bonds is 8. The second-order valence-corrected chi connectivity index (χ2v) is 11.6. The van der Waals surface area contributed by atoms with Crippen LogP contribution in [-0.2, 0) is 21.7 Å². The average molecular weight is 583 g/mol. The van der Waals surface area contributed by atoms with Crippen molar-refractivity contribution in [2.45, 2.75) is 45.9 Å². The van der Waals surface area contributed by atoms with E-state index < -0.39 is 5.54 Å². The lowest BCUT2D eigenvalue weighted by atomic mass is 9.81. The number of hydrogen-bond acceptors (Lipinski definition) is 7. The van der Waals surface area contributed by atoms with E-state index in [1.807, 2.05) is 61.5 Å². The van der Waals surface area contributed by atoms with E-state index in [0.717, 1.165) is 27.6 Å². The molecule has 0 saturated carbocycles. The van der Waals surface area contributed by atoms with Gasteiger partial charge in [0, 0.05) is 28.0 Å². The Morgan fingerprint density at radius 1 is 1.13 bits per heavy atom. The van der Waals surface area contributed by atoms with Crippen LogP contribution >= 0.6 is 35.0 Å². The second kappa shape index (κ2) is 11.2. The van der Waals surface area contributed by atoms with Crippen LogP contribution in [0.2, 0.25) is 10.2 Å². The van der Waals surface area contributed by atoms with E-state index in [0.29, 0.717) is 34.0 Å². The van der Waals surface area contributed by atoms with Crippen molar-refractivity contribution in [2.24, 2.45) is 10.9 Å². The van der Waals surface area contributed by atoms with E-state index in [9.17, 15) is 4.79 Å². The molecule has 0 fully saturated rings. The van der Waals surface area contributed by atoms with Gasteiger partial charge in [0.05, 0.1) is 12.6 Å². The number of carbonyl (C=O) groups is 1. The quantitative estimate of drug-likeness (QED) is 0.200. The summed E-state index contributed by atoms with van der Waals surface area (Å²) in [6, 6.07) is 19.0. The van der Waals surface area contributed by atoms with Gasteiger partial charge in [0.2, 0.25) is 0 Å². The Morgan fingerprint density at radius 3 is 2.56 bits per heavy atom. The number of pyridine rings is 1. The molecule has 2 aromatic carbocycles. The summed E-state index contributed by atoms with van der Waals surface area (Å²) >= 11 is 14.0. The van der Waals surface area contributed by atoms with Crippen LogP contribution in [0.5, 0.6) is 5.75 Å². The van der Waals surface area contributed by atoms with Crippen molar-refractivity contribution in [1.29, 1.82) is 0 Å². The predicted octanol–water partition coefficient (Wildman–Crippen LogP) is 7.77. The van der Waals surface area contributed by atoms with E-state index in [1.54, 1.807) is 12.3 Å². The van der Waals surface area contributed by atoms with Gasteiger partial charge in [0.1, 0.15) is 28.0 Å². The van der Waals surface area contributed by atoms with Crippen LogP contribution in [0.3, 0.4) is 0 Å². The number of thioether (sulfide) groups is 1. The molecule has 9 heteroatoms. The molecule has 202 valence electrons. The van der Waals surface area contributed by atoms with Crippen molar-refractivity contribution in [3.05, 3.63) is 104 Å². The Hall–Kier alpha value is -3.00. The lowest BCUT2D eigenvalue weighted by Gasteiger charge is -2.37. The molecule has 3 heterocycles. The number of aliphatic imine (C=N–C) groups is 1. The summed E-state index contributed by atoms with van der Waals surface area (Å²) in [5.41, 5.74) is 2.94. The van der Waals surface area contributed by atoms with E-state index in [1.165, 1.54) is 11.8 Å². The van der Waals surface area contributed by atoms with Crippen molar-refractivity contribution >= 4 is 46.1 Å². The molecule has 2 unspecified atom stereocenters. The highest BCUT2D eigenvalue weighted by Crippen LogP contribution is 2.57. The maximum atomic E-state index is 13.0. The fourth-order valence-corrected chi connectivity index (χ4v) is 6.63. The molecule has 3 aromatic rings. The minimum atomic E-state index is -0.765. The van der Waals surface area contributed by atoms with Gasteiger partial charge in [-0.15, -0.1) is 0 Å². The van der Waals surface area contributed by atoms with E-state index in [-0.39, 0.29) is 17.9 Å². The van der Waals surface area contributed by atoms with Crippen LogP contribution in [0.15, 0.2) is 82.5 Å². The number of nitrogens with zero attached hydrogens (tertiary/aromatic N) is 3. The predicted molar refractivity (Wildman–Crippen MR) is 157 cm³/mol. The highest BCUT2D eigenvalue weighted by Gasteiger charge is 2.54. The third kappa shape index (κ3) is 5.28. The number of amidine groups is 1. The molecule has 0 bridgehead atoms. The summed E-state index contributed by atoms with van der Waals surface area (Å²) in [7, 11) is 0. The zero-order valence-corrected chi connectivity index (χ0v) is 24.5. The summed E-state index contributed by atoms with van der Waals surface area (Å²) in [4.78, 5) is 25.3. The van der Waals surface area contributed by atoms with Gasteiger partial charge in [-0.2, -0.15) is 0 Å². The first-order valence-corrected chi connectivity index (χ1v) is 14.4. The SMILES string of the molecule is CCOC(=O)C1=C(C(C)C)N2C(=NC(C)(c3ccc(Cl)nc3)C2c2ccc(Cl)cc2OCc2ccccc2)S1. The largest absolute Gasteiger partial charge is 0.488 e. The molecule has 0 spiro atoms. The molecule has 0 N–H and O–H groups in total. The normalized spacial score (nSPS) is 20.3. The standard InChI is InChI=1S/C30H29Cl2N3O3S/c1-5-37-28(36)26-25(18(2)3)35-27(30(4,34-29(35)39-26)20-11-14-24(32)33-16-20)22-13-12-21(31)15-23(22)38-17-19-9-7-6-8-10-19/h6-16,18,27H,5,17H2,1-4H3. The van der Waals surface area contributed by atoms with Gasteiger partial charge in [0.25, 0.3) is 0 Å². The number of esters is 1. The van der Waals surface area contributed by atoms with Gasteiger partial charge in [-0.25, -0.2) is 14.8 Å². The number of halogens is 2. The van der Waals surface area contributed by atoms with Crippen molar-refractivity contribution in [1.82, 2.24) is 9.88 Å². The molecule has 2 aliphatic heterocycles. The van der Waals surface area contributed by atoms with Gasteiger partial charge in [-0.3, -0.25) is 0 Å². The lowest BCUT2D eigenvalue weighted by molar-refractivity contribution is -0.137. The van der Waals surface area contributed by atoms with Crippen LogP contribution in [0.4, 0.5) is 0 Å². The Bertz CT molecular complexity index is 1440. The zero-order chi connectivity index (χ0) is 27.7. The van der Waals surface area contributed by atoms with Crippen LogP contribution in [0.25, 0.3) is 0 Å². The molecule has 2 atom stereocenters. The van der Waals surface area contributed by atoms with Crippen LogP contribution in [0, 0.1) is 5.92 Å². The van der Waals surface area contributed by atoms with Gasteiger partial charge in [-0.1, -0.05) is 79.5 Å². The summed E-state index contributed by atoms with van der Waals surface area (Å²) in [6.45, 7) is 8.71. The highest BCUT2D eigenvalue weighted by atomic mass is 35.5. The van der Waals surface area contributed by atoms with E-state index in [2.05, 4.69) is 30.7 Å². The number of fused-ring (bicyclic) bond motifs is 1. The Morgan fingerprint density at radius 2 is 1.90 bits per heavy atom. The number of hydrogen-bond donors (Lipinski definition) is 0. The summed E-state index contributed by atoms with van der Waals surface area (Å²) in [5, 5.41) is 1.71. The van der Waals surface area contributed by atoms with Crippen molar-refractivity contribution < 1.29 is 14.3 Å². The fourth-order valence-electron chi connectivity index (χ4n) is 5.06. The van der Waals surface area contributed by atoms with Gasteiger partial charge >= 0.3 is 5.97 Å². The topological polar surface area (TPSA) is 64.0 Å². The van der Waals surface area contributed by atoms with E-state index in [4.69, 9.17) is 37.7 Å². The number of allylic oxidation sites excluding steroid dienone is 1. The molecule has 0 radical (unpaired) electrons. The zero-order valence-electron chi connectivity index (χ0n) is 22.2. The third-order valence-electron chi connectivity index (χ3n) is 6.84. The van der Waals surface area contributed by atoms with Crippen molar-refractivity contribution in [2.75, 3.05) is 6.61 Å². The second-order valence-electron chi connectivity index (χ2n) is 9.83. The summed E-state index contributed by atoms with van der Waals surface area (Å²) in [6.07, 6.45) is 1.76. The first-order valence-electron chi connectivity index (χ1n) is 12.8. The van der Waals surface area contributed by atoms with Gasteiger partial charge < -0.3 is 14.4 Å². The molecule has 2 aliphatic rings. The number of ether oxygens (including phenoxy) is 2. The summed E-state index contributed by atoms with van der Waals surface area (Å²) < 4.78 is 11.8.